The zero-order valence-electron chi connectivity index (χ0n) is 28.1. The van der Waals surface area contributed by atoms with Gasteiger partial charge in [-0.15, -0.1) is 0 Å². The highest BCUT2D eigenvalue weighted by Crippen LogP contribution is 2.49. The molecule has 2 aromatic rings. The number of hydrogen-bond donors (Lipinski definition) is 4. The molecule has 268 valence electrons. The molecule has 2 saturated carbocycles. The van der Waals surface area contributed by atoms with Crippen LogP contribution < -0.4 is 20.1 Å². The summed E-state index contributed by atoms with van der Waals surface area (Å²) in [6.07, 6.45) is 7.63. The van der Waals surface area contributed by atoms with Crippen molar-refractivity contribution in [3.05, 3.63) is 46.6 Å². The first-order chi connectivity index (χ1) is 23.7. The first-order valence-corrected chi connectivity index (χ1v) is 19.2. The summed E-state index contributed by atoms with van der Waals surface area (Å²) in [6, 6.07) is 3.27. The fourth-order valence-corrected chi connectivity index (χ4v) is 9.30. The van der Waals surface area contributed by atoms with Gasteiger partial charge in [0, 0.05) is 28.3 Å². The highest BCUT2D eigenvalue weighted by atomic mass is 35.5. The topological polar surface area (TPSA) is 184 Å². The molecule has 15 heteroatoms. The number of fused-ring (bicyclic) bond motifs is 5. The number of amides is 4. The molecule has 0 unspecified atom stereocenters. The summed E-state index contributed by atoms with van der Waals surface area (Å²) < 4.78 is 34.1. The van der Waals surface area contributed by atoms with Gasteiger partial charge in [-0.05, 0) is 77.3 Å². The summed E-state index contributed by atoms with van der Waals surface area (Å²) >= 11 is 6.24. The second kappa shape index (κ2) is 12.4. The number of carbonyl (C=O) groups excluding carboxylic acids is 3. The van der Waals surface area contributed by atoms with Gasteiger partial charge >= 0.3 is 6.09 Å². The number of ether oxygens (including phenoxy) is 1. The summed E-state index contributed by atoms with van der Waals surface area (Å²) in [5.41, 5.74) is -0.199. The Labute approximate surface area is 295 Å². The Bertz CT molecular complexity index is 1930. The Morgan fingerprint density at radius 2 is 1.92 bits per heavy atom. The highest BCUT2D eigenvalue weighted by molar-refractivity contribution is 7.91. The molecule has 1 aromatic heterocycles. The van der Waals surface area contributed by atoms with Crippen molar-refractivity contribution >= 4 is 56.3 Å². The molecule has 5 aliphatic rings. The van der Waals surface area contributed by atoms with Gasteiger partial charge in [-0.3, -0.25) is 19.1 Å². The van der Waals surface area contributed by atoms with E-state index in [-0.39, 0.29) is 25.8 Å². The molecule has 1 saturated heterocycles. The molecule has 1 aromatic carbocycles. The van der Waals surface area contributed by atoms with Gasteiger partial charge in [0.15, 0.2) is 0 Å². The maximum absolute atomic E-state index is 14.4. The fourth-order valence-electron chi connectivity index (χ4n) is 7.82. The van der Waals surface area contributed by atoms with E-state index in [2.05, 4.69) is 15.4 Å². The molecule has 5 atom stereocenters. The van der Waals surface area contributed by atoms with Crippen LogP contribution in [0.4, 0.5) is 4.79 Å². The van der Waals surface area contributed by atoms with Gasteiger partial charge in [0.2, 0.25) is 21.8 Å². The monoisotopic (exact) mass is 727 g/mol. The van der Waals surface area contributed by atoms with Gasteiger partial charge in [-0.25, -0.2) is 18.2 Å². The van der Waals surface area contributed by atoms with E-state index in [1.165, 1.54) is 4.90 Å². The number of halogens is 1. The average molecular weight is 728 g/mol. The third kappa shape index (κ3) is 6.18. The second-order valence-electron chi connectivity index (χ2n) is 14.9. The van der Waals surface area contributed by atoms with Crippen molar-refractivity contribution in [2.45, 2.75) is 112 Å². The van der Waals surface area contributed by atoms with Gasteiger partial charge in [0.25, 0.3) is 5.91 Å². The number of aryl methyl sites for hydroxylation is 2. The fraction of sp³-hybridized carbons (Fsp3) is 0.571. The Kier molecular flexibility index (Phi) is 8.56. The highest BCUT2D eigenvalue weighted by Gasteiger charge is 2.64. The molecule has 3 fully saturated rings. The summed E-state index contributed by atoms with van der Waals surface area (Å²) in [5.74, 6) is -1.84. The van der Waals surface area contributed by atoms with Crippen LogP contribution in [-0.4, -0.2) is 81.7 Å². The number of benzene rings is 1. The van der Waals surface area contributed by atoms with Crippen LogP contribution >= 0.6 is 11.6 Å². The van der Waals surface area contributed by atoms with E-state index in [9.17, 15) is 32.7 Å². The molecule has 4 heterocycles. The lowest BCUT2D eigenvalue weighted by Crippen LogP contribution is -2.58. The van der Waals surface area contributed by atoms with E-state index < -0.39 is 67.7 Å². The smallest absolute Gasteiger partial charge is 0.405 e. The van der Waals surface area contributed by atoms with E-state index in [0.29, 0.717) is 55.0 Å². The molecular weight excluding hydrogens is 686 g/mol. The minimum Gasteiger partial charge on any atom is -0.483 e. The van der Waals surface area contributed by atoms with E-state index in [1.54, 1.807) is 19.1 Å². The number of allylic oxidation sites excluding steroid dienone is 1. The summed E-state index contributed by atoms with van der Waals surface area (Å²) in [6.45, 7) is 3.42. The van der Waals surface area contributed by atoms with Crippen molar-refractivity contribution in [3.8, 4) is 5.75 Å². The molecule has 7 rings (SSSR count). The number of carbonyl (C=O) groups is 4. The van der Waals surface area contributed by atoms with Gasteiger partial charge < -0.3 is 25.4 Å². The number of carboxylic acid groups (broad SMARTS) is 1. The largest absolute Gasteiger partial charge is 0.483 e. The van der Waals surface area contributed by atoms with Crippen LogP contribution in [0, 0.1) is 12.8 Å². The third-order valence-corrected chi connectivity index (χ3v) is 13.6. The van der Waals surface area contributed by atoms with Crippen LogP contribution in [0.25, 0.3) is 10.9 Å². The first kappa shape index (κ1) is 34.5. The standard InChI is InChI=1S/C35H42ClN5O8S/c1-20-28-24(23-11-10-22(36)16-26(23)37-20)12-13-34(49-28)18-27-29(42)39-35(31(44)40-50(47,48)33(2)14-15-33)17-21(35)8-6-4-3-5-7-9-25(38-32(45)46)30(43)41(27)19-34/h6,8,10-11,16,21,25,27,38H,3-5,7,9,12-15,17-19H2,1-2H3,(H,39,42)(H,40,44)(H,45,46)/t21-,25+,27+,34-,35-/m1/s1. The summed E-state index contributed by atoms with van der Waals surface area (Å²) in [4.78, 5) is 60.4. The predicted octanol–water partition coefficient (Wildman–Crippen LogP) is 3.89. The molecular formula is C35H42ClN5O8S. The van der Waals surface area contributed by atoms with Crippen molar-refractivity contribution in [3.63, 3.8) is 0 Å². The molecule has 3 aliphatic heterocycles. The molecule has 13 nitrogen and oxygen atoms in total. The zero-order valence-corrected chi connectivity index (χ0v) is 29.7. The minimum absolute atomic E-state index is 0.00845. The minimum atomic E-state index is -3.98. The molecule has 4 amide bonds. The van der Waals surface area contributed by atoms with E-state index in [4.69, 9.17) is 21.3 Å². The van der Waals surface area contributed by atoms with Crippen LogP contribution in [-0.2, 0) is 30.8 Å². The van der Waals surface area contributed by atoms with Crippen molar-refractivity contribution < 1.29 is 37.4 Å². The van der Waals surface area contributed by atoms with E-state index in [1.807, 2.05) is 25.1 Å². The van der Waals surface area contributed by atoms with Gasteiger partial charge in [-0.1, -0.05) is 42.7 Å². The van der Waals surface area contributed by atoms with Crippen LogP contribution in [0.1, 0.15) is 82.4 Å². The van der Waals surface area contributed by atoms with Crippen molar-refractivity contribution in [1.82, 2.24) is 25.2 Å². The van der Waals surface area contributed by atoms with Crippen LogP contribution in [0.5, 0.6) is 5.75 Å². The average Bonchev–Trinajstić information content (AvgIpc) is 3.94. The number of nitrogens with zero attached hydrogens (tertiary/aromatic N) is 2. The number of hydrogen-bond acceptors (Lipinski definition) is 8. The molecule has 2 aliphatic carbocycles. The van der Waals surface area contributed by atoms with Gasteiger partial charge in [0.05, 0.1) is 22.5 Å². The van der Waals surface area contributed by atoms with Crippen molar-refractivity contribution in [2.24, 2.45) is 5.92 Å². The molecule has 4 N–H and O–H groups in total. The quantitative estimate of drug-likeness (QED) is 0.340. The SMILES string of the molecule is Cc1nc2cc(Cl)ccc2c2c1O[C@]1(CC2)C[C@H]2C(=O)N[C@]3(C(=O)NS(=O)(=O)C4(C)CC4)C[C@H]3C=CCCCCC[C@H](NC(=O)O)C(=O)N2C1. The van der Waals surface area contributed by atoms with Gasteiger partial charge in [-0.2, -0.15) is 0 Å². The second-order valence-corrected chi connectivity index (χ2v) is 17.5. The maximum atomic E-state index is 14.4. The van der Waals surface area contributed by atoms with Crippen molar-refractivity contribution in [2.75, 3.05) is 6.54 Å². The molecule has 0 radical (unpaired) electrons. The number of pyridine rings is 1. The van der Waals surface area contributed by atoms with E-state index in [0.717, 1.165) is 29.3 Å². The Morgan fingerprint density at radius 3 is 2.66 bits per heavy atom. The lowest BCUT2D eigenvalue weighted by molar-refractivity contribution is -0.141. The summed E-state index contributed by atoms with van der Waals surface area (Å²) in [5, 5.41) is 16.4. The maximum Gasteiger partial charge on any atom is 0.405 e. The number of aromatic nitrogens is 1. The Morgan fingerprint density at radius 1 is 1.14 bits per heavy atom. The summed E-state index contributed by atoms with van der Waals surface area (Å²) in [7, 11) is -3.98. The van der Waals surface area contributed by atoms with Crippen molar-refractivity contribution in [1.29, 1.82) is 0 Å². The zero-order chi connectivity index (χ0) is 35.6. The Hall–Kier alpha value is -3.91. The van der Waals surface area contributed by atoms with Crippen LogP contribution in [0.15, 0.2) is 30.4 Å². The molecule has 0 bridgehead atoms. The third-order valence-electron chi connectivity index (χ3n) is 11.2. The number of nitrogens with one attached hydrogen (secondary N) is 3. The molecule has 50 heavy (non-hydrogen) atoms. The number of rotatable bonds is 4. The first-order valence-electron chi connectivity index (χ1n) is 17.3. The van der Waals surface area contributed by atoms with Gasteiger partial charge in [0.1, 0.15) is 29.0 Å². The lowest BCUT2D eigenvalue weighted by atomic mass is 9.87. The van der Waals surface area contributed by atoms with E-state index >= 15 is 0 Å². The number of sulfonamides is 1. The normalized spacial score (nSPS) is 30.5. The van der Waals surface area contributed by atoms with Crippen LogP contribution in [0.2, 0.25) is 5.02 Å². The Balaban J connectivity index is 1.23. The predicted molar refractivity (Wildman–Crippen MR) is 184 cm³/mol. The van der Waals surface area contributed by atoms with Crippen LogP contribution in [0.3, 0.4) is 0 Å². The lowest BCUT2D eigenvalue weighted by Gasteiger charge is -2.36. The molecule has 1 spiro atoms.